The summed E-state index contributed by atoms with van der Waals surface area (Å²) in [5.74, 6) is 0.312. The first-order valence-corrected chi connectivity index (χ1v) is 4.34. The van der Waals surface area contributed by atoms with Gasteiger partial charge < -0.3 is 10.5 Å². The van der Waals surface area contributed by atoms with Crippen LogP contribution in [0.15, 0.2) is 18.2 Å². The smallest absolute Gasteiger partial charge is 0.296 e. The van der Waals surface area contributed by atoms with Gasteiger partial charge in [-0.2, -0.15) is 0 Å². The van der Waals surface area contributed by atoms with Crippen LogP contribution in [0.5, 0.6) is 5.75 Å². The van der Waals surface area contributed by atoms with Crippen molar-refractivity contribution < 1.29 is 14.5 Å². The lowest BCUT2D eigenvalue weighted by Gasteiger charge is -2.05. The molecule has 0 spiro atoms. The van der Waals surface area contributed by atoms with Crippen molar-refractivity contribution in [2.75, 3.05) is 12.8 Å². The molecule has 0 amide bonds. The minimum atomic E-state index is -0.601. The maximum Gasteiger partial charge on any atom is 0.296 e. The van der Waals surface area contributed by atoms with Gasteiger partial charge >= 0.3 is 0 Å². The molecule has 0 radical (unpaired) electrons. The molecule has 0 aromatic heterocycles. The quantitative estimate of drug-likeness (QED) is 0.273. The van der Waals surface area contributed by atoms with Crippen LogP contribution in [-0.2, 0) is 4.79 Å². The molecule has 16 heavy (non-hydrogen) atoms. The molecule has 0 aliphatic heterocycles. The second kappa shape index (κ2) is 4.92. The van der Waals surface area contributed by atoms with Gasteiger partial charge in [0.1, 0.15) is 17.7 Å². The maximum absolute atomic E-state index is 10.7. The zero-order valence-corrected chi connectivity index (χ0v) is 8.54. The lowest BCUT2D eigenvalue weighted by molar-refractivity contribution is -0.384. The lowest BCUT2D eigenvalue weighted by atomic mass is 10.1. The van der Waals surface area contributed by atoms with Gasteiger partial charge in [-0.05, 0) is 18.2 Å². The van der Waals surface area contributed by atoms with Gasteiger partial charge in [0.2, 0.25) is 0 Å². The number of nitro groups is 1. The Morgan fingerprint density at radius 1 is 1.50 bits per heavy atom. The number of nitro benzene ring substituents is 1. The normalized spacial score (nSPS) is 10.3. The second-order valence-electron chi connectivity index (χ2n) is 2.90. The molecule has 0 heterocycles. The number of anilines is 1. The van der Waals surface area contributed by atoms with E-state index in [2.05, 4.69) is 0 Å². The van der Waals surface area contributed by atoms with Gasteiger partial charge in [0.25, 0.3) is 5.69 Å². The van der Waals surface area contributed by atoms with Crippen molar-refractivity contribution in [2.45, 2.75) is 0 Å². The number of aldehydes is 1. The highest BCUT2D eigenvalue weighted by molar-refractivity contribution is 5.81. The fourth-order valence-electron chi connectivity index (χ4n) is 1.18. The molecule has 6 nitrogen and oxygen atoms in total. The zero-order chi connectivity index (χ0) is 12.1. The summed E-state index contributed by atoms with van der Waals surface area (Å²) in [5.41, 5.74) is 5.72. The highest BCUT2D eigenvalue weighted by atomic mass is 16.6. The highest BCUT2D eigenvalue weighted by Crippen LogP contribution is 2.31. The molecule has 0 aliphatic rings. The number of carbonyl (C=O) groups is 1. The van der Waals surface area contributed by atoms with Gasteiger partial charge in [0.15, 0.2) is 0 Å². The van der Waals surface area contributed by atoms with Gasteiger partial charge in [-0.15, -0.1) is 0 Å². The number of carbonyl (C=O) groups excluding carboxylic acids is 1. The van der Waals surface area contributed by atoms with E-state index in [1.165, 1.54) is 31.4 Å². The minimum absolute atomic E-state index is 0.00361. The molecule has 0 unspecified atom stereocenters. The van der Waals surface area contributed by atoms with E-state index in [-0.39, 0.29) is 11.4 Å². The average Bonchev–Trinajstić information content (AvgIpc) is 2.27. The van der Waals surface area contributed by atoms with E-state index in [9.17, 15) is 14.9 Å². The Labute approximate surface area is 91.5 Å². The van der Waals surface area contributed by atoms with E-state index in [1.54, 1.807) is 0 Å². The number of methoxy groups -OCH3 is 1. The third-order valence-corrected chi connectivity index (χ3v) is 1.95. The summed E-state index contributed by atoms with van der Waals surface area (Å²) in [4.78, 5) is 20.3. The van der Waals surface area contributed by atoms with Gasteiger partial charge in [-0.3, -0.25) is 14.9 Å². The summed E-state index contributed by atoms with van der Waals surface area (Å²) in [6, 6.07) is 2.75. The van der Waals surface area contributed by atoms with Crippen LogP contribution in [0.4, 0.5) is 11.4 Å². The van der Waals surface area contributed by atoms with Crippen molar-refractivity contribution in [1.82, 2.24) is 0 Å². The molecule has 0 atom stereocenters. The number of hydrogen-bond acceptors (Lipinski definition) is 5. The van der Waals surface area contributed by atoms with Crippen molar-refractivity contribution in [3.8, 4) is 5.75 Å². The number of benzene rings is 1. The van der Waals surface area contributed by atoms with Crippen molar-refractivity contribution in [1.29, 1.82) is 0 Å². The molecule has 1 rings (SSSR count). The minimum Gasteiger partial charge on any atom is -0.496 e. The van der Waals surface area contributed by atoms with E-state index in [0.717, 1.165) is 0 Å². The molecule has 6 heteroatoms. The molecule has 0 aliphatic carbocycles. The molecular weight excluding hydrogens is 212 g/mol. The molecule has 0 saturated carbocycles. The van der Waals surface area contributed by atoms with E-state index in [1.807, 2.05) is 0 Å². The summed E-state index contributed by atoms with van der Waals surface area (Å²) < 4.78 is 4.90. The first kappa shape index (κ1) is 11.7. The predicted molar refractivity (Wildman–Crippen MR) is 59.2 cm³/mol. The third-order valence-electron chi connectivity index (χ3n) is 1.95. The number of nitrogens with zero attached hydrogens (tertiary/aromatic N) is 1. The van der Waals surface area contributed by atoms with Crippen LogP contribution in [-0.4, -0.2) is 18.3 Å². The monoisotopic (exact) mass is 222 g/mol. The van der Waals surface area contributed by atoms with Gasteiger partial charge in [0.05, 0.1) is 18.1 Å². The molecule has 2 N–H and O–H groups in total. The van der Waals surface area contributed by atoms with Crippen LogP contribution in [0.2, 0.25) is 0 Å². The molecular formula is C10H10N2O4. The largest absolute Gasteiger partial charge is 0.496 e. The SMILES string of the molecule is COc1cc(C=CC=O)c(N)c([N+](=O)[O-])c1. The van der Waals surface area contributed by atoms with Crippen LogP contribution < -0.4 is 10.5 Å². The molecule has 0 fully saturated rings. The van der Waals surface area contributed by atoms with Crippen molar-refractivity contribution in [3.05, 3.63) is 33.9 Å². The Hall–Kier alpha value is -2.37. The topological polar surface area (TPSA) is 95.5 Å². The molecule has 0 saturated heterocycles. The van der Waals surface area contributed by atoms with Crippen LogP contribution in [0, 0.1) is 10.1 Å². The van der Waals surface area contributed by atoms with E-state index in [0.29, 0.717) is 17.6 Å². The first-order valence-electron chi connectivity index (χ1n) is 4.34. The standard InChI is InChI=1S/C10H10N2O4/c1-16-8-5-7(3-2-4-13)10(11)9(6-8)12(14)15/h2-6H,11H2,1H3. The van der Waals surface area contributed by atoms with E-state index >= 15 is 0 Å². The zero-order valence-electron chi connectivity index (χ0n) is 8.54. The number of rotatable bonds is 4. The first-order chi connectivity index (χ1) is 7.60. The van der Waals surface area contributed by atoms with Crippen LogP contribution in [0.3, 0.4) is 0 Å². The molecule has 84 valence electrons. The van der Waals surface area contributed by atoms with Gasteiger partial charge in [-0.1, -0.05) is 0 Å². The maximum atomic E-state index is 10.7. The average molecular weight is 222 g/mol. The number of ether oxygens (including phenoxy) is 1. The van der Waals surface area contributed by atoms with Crippen molar-refractivity contribution >= 4 is 23.7 Å². The van der Waals surface area contributed by atoms with E-state index in [4.69, 9.17) is 10.5 Å². The van der Waals surface area contributed by atoms with Crippen LogP contribution in [0.1, 0.15) is 5.56 Å². The molecule has 0 bridgehead atoms. The summed E-state index contributed by atoms with van der Waals surface area (Å²) in [6.07, 6.45) is 3.15. The Morgan fingerprint density at radius 3 is 2.69 bits per heavy atom. The Bertz CT molecular complexity index is 454. The fraction of sp³-hybridized carbons (Fsp3) is 0.100. The van der Waals surface area contributed by atoms with Crippen molar-refractivity contribution in [3.63, 3.8) is 0 Å². The van der Waals surface area contributed by atoms with E-state index < -0.39 is 4.92 Å². The third kappa shape index (κ3) is 2.35. The van der Waals surface area contributed by atoms with Gasteiger partial charge in [-0.25, -0.2) is 0 Å². The summed E-state index contributed by atoms with van der Waals surface area (Å²) in [6.45, 7) is 0. The Morgan fingerprint density at radius 2 is 2.19 bits per heavy atom. The second-order valence-corrected chi connectivity index (χ2v) is 2.90. The Balaban J connectivity index is 3.36. The van der Waals surface area contributed by atoms with Crippen LogP contribution in [0.25, 0.3) is 6.08 Å². The number of allylic oxidation sites excluding steroid dienone is 1. The number of nitrogen functional groups attached to an aromatic ring is 1. The molecule has 1 aromatic rings. The number of nitrogens with two attached hydrogens (primary N) is 1. The highest BCUT2D eigenvalue weighted by Gasteiger charge is 2.16. The van der Waals surface area contributed by atoms with Crippen LogP contribution >= 0.6 is 0 Å². The summed E-state index contributed by atoms with van der Waals surface area (Å²) >= 11 is 0. The lowest BCUT2D eigenvalue weighted by Crippen LogP contribution is -1.99. The Kier molecular flexibility index (Phi) is 3.60. The molecule has 1 aromatic carbocycles. The summed E-state index contributed by atoms with van der Waals surface area (Å²) in [7, 11) is 1.39. The van der Waals surface area contributed by atoms with Gasteiger partial charge in [0, 0.05) is 5.56 Å². The summed E-state index contributed by atoms with van der Waals surface area (Å²) in [5, 5.41) is 10.7. The van der Waals surface area contributed by atoms with Crippen molar-refractivity contribution in [2.24, 2.45) is 0 Å². The predicted octanol–water partition coefficient (Wildman–Crippen LogP) is 1.40. The number of hydrogen-bond donors (Lipinski definition) is 1. The fourth-order valence-corrected chi connectivity index (χ4v) is 1.18.